The number of likely N-dealkylation sites (N-methyl/N-ethyl adjacent to an activating group) is 1. The number of alkyl halides is 3. The van der Waals surface area contributed by atoms with Gasteiger partial charge in [0.25, 0.3) is 0 Å². The molecule has 2 atom stereocenters. The Kier molecular flexibility index (Phi) is 15.4. The molecule has 1 N–H and O–H groups in total. The minimum atomic E-state index is -4.76. The van der Waals surface area contributed by atoms with Crippen molar-refractivity contribution in [1.82, 2.24) is 15.1 Å². The van der Waals surface area contributed by atoms with Gasteiger partial charge in [0.15, 0.2) is 0 Å². The maximum absolute atomic E-state index is 12.4. The van der Waals surface area contributed by atoms with E-state index in [4.69, 9.17) is 0 Å². The summed E-state index contributed by atoms with van der Waals surface area (Å²) in [6.07, 6.45) is 1.36. The average molecular weight is 617 g/mol. The molecule has 2 aromatic rings. The second-order valence-electron chi connectivity index (χ2n) is 10.7. The van der Waals surface area contributed by atoms with E-state index in [-0.39, 0.29) is 31.0 Å². The molecule has 0 aliphatic rings. The van der Waals surface area contributed by atoms with Crippen molar-refractivity contribution in [3.63, 3.8) is 0 Å². The van der Waals surface area contributed by atoms with Crippen molar-refractivity contribution in [2.24, 2.45) is 0 Å². The van der Waals surface area contributed by atoms with Crippen LogP contribution in [0.5, 0.6) is 5.75 Å². The standard InChI is InChI=1S/C33H43F3N4O4/c1-4-39(20-18-28(22-37)26-14-16-29(17-15-26)44-33(34,35)36)19-7-5-6-11-27-12-8-10-25(2)30(27)23-40(24-42)31(13-9-21-41)32(43)38-3/h8,10,12,14-17,21,24,28,31H,4-7,9,11,13,18-20,23H2,1-3H3,(H,38,43). The fourth-order valence-corrected chi connectivity index (χ4v) is 5.24. The molecule has 240 valence electrons. The van der Waals surface area contributed by atoms with Gasteiger partial charge in [-0.1, -0.05) is 43.7 Å². The summed E-state index contributed by atoms with van der Waals surface area (Å²) in [6.45, 7) is 6.69. The lowest BCUT2D eigenvalue weighted by atomic mass is 9.96. The zero-order valence-corrected chi connectivity index (χ0v) is 25.7. The average Bonchev–Trinajstić information content (AvgIpc) is 3.00. The van der Waals surface area contributed by atoms with E-state index in [9.17, 15) is 32.8 Å². The summed E-state index contributed by atoms with van der Waals surface area (Å²) in [5.41, 5.74) is 3.83. The summed E-state index contributed by atoms with van der Waals surface area (Å²) < 4.78 is 41.2. The molecular weight excluding hydrogens is 573 g/mol. The molecule has 0 radical (unpaired) electrons. The molecule has 2 rings (SSSR count). The number of hydrogen-bond donors (Lipinski definition) is 1. The third-order valence-corrected chi connectivity index (χ3v) is 7.76. The third-order valence-electron chi connectivity index (χ3n) is 7.76. The highest BCUT2D eigenvalue weighted by atomic mass is 19.4. The van der Waals surface area contributed by atoms with Crippen LogP contribution < -0.4 is 10.1 Å². The van der Waals surface area contributed by atoms with Gasteiger partial charge >= 0.3 is 6.36 Å². The summed E-state index contributed by atoms with van der Waals surface area (Å²) in [7, 11) is 1.51. The maximum Gasteiger partial charge on any atom is 0.573 e. The predicted octanol–water partition coefficient (Wildman–Crippen LogP) is 5.68. The fraction of sp³-hybridized carbons (Fsp3) is 0.515. The second kappa shape index (κ2) is 18.7. The highest BCUT2D eigenvalue weighted by molar-refractivity contribution is 5.83. The Morgan fingerprint density at radius 2 is 1.80 bits per heavy atom. The first kappa shape index (κ1) is 36.3. The lowest BCUT2D eigenvalue weighted by Crippen LogP contribution is -2.45. The number of carbonyl (C=O) groups excluding carboxylic acids is 3. The number of carbonyl (C=O) groups is 3. The van der Waals surface area contributed by atoms with E-state index in [0.717, 1.165) is 61.7 Å². The Bertz CT molecular complexity index is 1230. The molecule has 2 amide bonds. The Balaban J connectivity index is 1.90. The van der Waals surface area contributed by atoms with E-state index >= 15 is 0 Å². The van der Waals surface area contributed by atoms with Crippen LogP contribution >= 0.6 is 0 Å². The molecule has 0 saturated carbocycles. The van der Waals surface area contributed by atoms with E-state index < -0.39 is 18.3 Å². The van der Waals surface area contributed by atoms with E-state index in [1.807, 2.05) is 25.1 Å². The minimum absolute atomic E-state index is 0.183. The summed E-state index contributed by atoms with van der Waals surface area (Å²) >= 11 is 0. The molecule has 0 aliphatic carbocycles. The molecule has 8 nitrogen and oxygen atoms in total. The largest absolute Gasteiger partial charge is 0.573 e. The molecule has 0 saturated heterocycles. The fourth-order valence-electron chi connectivity index (χ4n) is 5.24. The summed E-state index contributed by atoms with van der Waals surface area (Å²) in [4.78, 5) is 39.1. The number of nitrogens with one attached hydrogen (secondary N) is 1. The van der Waals surface area contributed by atoms with Crippen molar-refractivity contribution in [2.45, 2.75) is 83.7 Å². The van der Waals surface area contributed by atoms with Gasteiger partial charge in [0.2, 0.25) is 12.3 Å². The number of halogens is 3. The van der Waals surface area contributed by atoms with Crippen LogP contribution in [0.3, 0.4) is 0 Å². The quantitative estimate of drug-likeness (QED) is 0.152. The van der Waals surface area contributed by atoms with E-state index in [1.54, 1.807) is 0 Å². The number of nitriles is 1. The van der Waals surface area contributed by atoms with Crippen LogP contribution in [0.4, 0.5) is 13.2 Å². The molecule has 11 heteroatoms. The smallest absolute Gasteiger partial charge is 0.406 e. The van der Waals surface area contributed by atoms with Crippen molar-refractivity contribution in [3.05, 3.63) is 64.7 Å². The monoisotopic (exact) mass is 616 g/mol. The van der Waals surface area contributed by atoms with Gasteiger partial charge in [-0.2, -0.15) is 5.26 Å². The second-order valence-corrected chi connectivity index (χ2v) is 10.7. The minimum Gasteiger partial charge on any atom is -0.406 e. The molecule has 2 unspecified atom stereocenters. The number of amides is 2. The van der Waals surface area contributed by atoms with Crippen molar-refractivity contribution in [1.29, 1.82) is 5.26 Å². The van der Waals surface area contributed by atoms with E-state index in [2.05, 4.69) is 27.9 Å². The lowest BCUT2D eigenvalue weighted by Gasteiger charge is -2.28. The van der Waals surface area contributed by atoms with Crippen LogP contribution in [0.1, 0.15) is 73.6 Å². The van der Waals surface area contributed by atoms with Crippen LogP contribution in [0.2, 0.25) is 0 Å². The summed E-state index contributed by atoms with van der Waals surface area (Å²) in [5, 5.41) is 12.2. The number of hydrogen-bond acceptors (Lipinski definition) is 6. The van der Waals surface area contributed by atoms with Crippen molar-refractivity contribution >= 4 is 18.6 Å². The van der Waals surface area contributed by atoms with Gasteiger partial charge in [-0.05, 0) is 93.0 Å². The van der Waals surface area contributed by atoms with Crippen LogP contribution in [-0.2, 0) is 27.3 Å². The number of rotatable bonds is 20. The Morgan fingerprint density at radius 1 is 1.07 bits per heavy atom. The summed E-state index contributed by atoms with van der Waals surface area (Å²) in [6, 6.07) is 13.0. The molecule has 44 heavy (non-hydrogen) atoms. The first-order chi connectivity index (χ1) is 21.1. The molecule has 0 fully saturated rings. The van der Waals surface area contributed by atoms with Crippen molar-refractivity contribution in [2.75, 3.05) is 26.7 Å². The number of benzene rings is 2. The highest BCUT2D eigenvalue weighted by Crippen LogP contribution is 2.26. The first-order valence-corrected chi connectivity index (χ1v) is 15.0. The Morgan fingerprint density at radius 3 is 2.39 bits per heavy atom. The molecule has 0 heterocycles. The van der Waals surface area contributed by atoms with Crippen LogP contribution in [0.25, 0.3) is 0 Å². The van der Waals surface area contributed by atoms with Gasteiger partial charge in [0.1, 0.15) is 18.1 Å². The molecule has 0 aliphatic heterocycles. The van der Waals surface area contributed by atoms with Crippen LogP contribution in [-0.4, -0.2) is 67.5 Å². The van der Waals surface area contributed by atoms with E-state index in [0.29, 0.717) is 24.9 Å². The molecular formula is C33H43F3N4O4. The highest BCUT2D eigenvalue weighted by Gasteiger charge is 2.31. The zero-order chi connectivity index (χ0) is 32.5. The first-order valence-electron chi connectivity index (χ1n) is 15.0. The molecule has 2 aromatic carbocycles. The van der Waals surface area contributed by atoms with Gasteiger partial charge in [-0.15, -0.1) is 13.2 Å². The van der Waals surface area contributed by atoms with Crippen LogP contribution in [0, 0.1) is 18.3 Å². The number of ether oxygens (including phenoxy) is 1. The van der Waals surface area contributed by atoms with Gasteiger partial charge in [0, 0.05) is 20.0 Å². The van der Waals surface area contributed by atoms with E-state index in [1.165, 1.54) is 36.2 Å². The van der Waals surface area contributed by atoms with Crippen molar-refractivity contribution in [3.8, 4) is 11.8 Å². The molecule has 0 aromatic heterocycles. The van der Waals surface area contributed by atoms with Gasteiger partial charge < -0.3 is 24.6 Å². The zero-order valence-electron chi connectivity index (χ0n) is 25.7. The van der Waals surface area contributed by atoms with Gasteiger partial charge in [-0.25, -0.2) is 0 Å². The summed E-state index contributed by atoms with van der Waals surface area (Å²) in [5.74, 6) is -1.05. The number of nitrogens with zero attached hydrogens (tertiary/aromatic N) is 3. The number of unbranched alkanes of at least 4 members (excludes halogenated alkanes) is 2. The van der Waals surface area contributed by atoms with Crippen molar-refractivity contribution < 1.29 is 32.3 Å². The van der Waals surface area contributed by atoms with Crippen LogP contribution in [0.15, 0.2) is 42.5 Å². The number of aldehydes is 1. The predicted molar refractivity (Wildman–Crippen MR) is 162 cm³/mol. The Hall–Kier alpha value is -3.91. The normalized spacial score (nSPS) is 12.7. The third kappa shape index (κ3) is 12.0. The lowest BCUT2D eigenvalue weighted by molar-refractivity contribution is -0.274. The number of aryl methyl sites for hydroxylation is 2. The topological polar surface area (TPSA) is 103 Å². The van der Waals surface area contributed by atoms with Gasteiger partial charge in [-0.3, -0.25) is 9.59 Å². The van der Waals surface area contributed by atoms with Gasteiger partial charge in [0.05, 0.1) is 12.0 Å². The molecule has 0 spiro atoms. The molecule has 0 bridgehead atoms. The maximum atomic E-state index is 12.4. The SMILES string of the molecule is CCN(CCCCCc1cccc(C)c1CN(C=O)C(CCC=O)C(=O)NC)CCC(C#N)c1ccc(OC(F)(F)F)cc1. The Labute approximate surface area is 258 Å².